The van der Waals surface area contributed by atoms with Crippen LogP contribution in [-0.2, 0) is 16.8 Å². The molecule has 1 spiro atoms. The standard InChI is InChI=1S/C24H27N5O2/c1-17(2)29-16-20(15-26-29)23(30)28-11-9-24(10-12-28)21-19(8-13-31-24)14-25-22(27-21)18-6-4-3-5-7-18/h3-7,14-17H,8-13H2,1-2H3. The highest BCUT2D eigenvalue weighted by atomic mass is 16.5. The Morgan fingerprint density at radius 3 is 2.61 bits per heavy atom. The number of likely N-dealkylation sites (tertiary alicyclic amines) is 1. The predicted molar refractivity (Wildman–Crippen MR) is 117 cm³/mol. The molecule has 0 atom stereocenters. The number of carbonyl (C=O) groups is 1. The van der Waals surface area contributed by atoms with Gasteiger partial charge in [0.15, 0.2) is 5.82 Å². The number of piperidine rings is 1. The summed E-state index contributed by atoms with van der Waals surface area (Å²) in [5, 5.41) is 4.31. The molecule has 7 heteroatoms. The lowest BCUT2D eigenvalue weighted by molar-refractivity contribution is -0.0967. The first-order chi connectivity index (χ1) is 15.1. The number of amides is 1. The maximum atomic E-state index is 13.0. The Kier molecular flexibility index (Phi) is 5.06. The molecule has 7 nitrogen and oxygen atoms in total. The Labute approximate surface area is 182 Å². The molecule has 2 aliphatic rings. The maximum absolute atomic E-state index is 13.0. The summed E-state index contributed by atoms with van der Waals surface area (Å²) >= 11 is 0. The van der Waals surface area contributed by atoms with E-state index in [9.17, 15) is 4.79 Å². The van der Waals surface area contributed by atoms with Crippen molar-refractivity contribution >= 4 is 5.91 Å². The molecule has 1 amide bonds. The lowest BCUT2D eigenvalue weighted by atomic mass is 9.83. The third-order valence-electron chi connectivity index (χ3n) is 6.31. The van der Waals surface area contributed by atoms with Gasteiger partial charge in [-0.25, -0.2) is 9.97 Å². The van der Waals surface area contributed by atoms with Gasteiger partial charge in [-0.2, -0.15) is 5.10 Å². The molecule has 0 radical (unpaired) electrons. The SMILES string of the molecule is CC(C)n1cc(C(=O)N2CCC3(CC2)OCCc2cnc(-c4ccccc4)nc23)cn1. The quantitative estimate of drug-likeness (QED) is 0.651. The van der Waals surface area contributed by atoms with Gasteiger partial charge in [-0.05, 0) is 38.7 Å². The zero-order chi connectivity index (χ0) is 21.4. The summed E-state index contributed by atoms with van der Waals surface area (Å²) in [6.07, 6.45) is 7.74. The van der Waals surface area contributed by atoms with E-state index in [-0.39, 0.29) is 11.9 Å². The Balaban J connectivity index is 1.37. The van der Waals surface area contributed by atoms with Gasteiger partial charge in [-0.1, -0.05) is 30.3 Å². The van der Waals surface area contributed by atoms with Crippen LogP contribution in [0.2, 0.25) is 0 Å². The molecule has 4 heterocycles. The first-order valence-electron chi connectivity index (χ1n) is 10.9. The number of nitrogens with zero attached hydrogens (tertiary/aromatic N) is 5. The zero-order valence-electron chi connectivity index (χ0n) is 18.0. The van der Waals surface area contributed by atoms with Gasteiger partial charge in [-0.3, -0.25) is 9.48 Å². The molecule has 2 aliphatic heterocycles. The van der Waals surface area contributed by atoms with Crippen LogP contribution in [-0.4, -0.2) is 50.3 Å². The number of fused-ring (bicyclic) bond motifs is 2. The van der Waals surface area contributed by atoms with Crippen LogP contribution in [0.4, 0.5) is 0 Å². The smallest absolute Gasteiger partial charge is 0.257 e. The number of carbonyl (C=O) groups excluding carboxylic acids is 1. The van der Waals surface area contributed by atoms with E-state index in [1.165, 1.54) is 0 Å². The minimum atomic E-state index is -0.445. The van der Waals surface area contributed by atoms with Crippen LogP contribution in [0.15, 0.2) is 48.9 Å². The third-order valence-corrected chi connectivity index (χ3v) is 6.31. The van der Waals surface area contributed by atoms with E-state index in [0.717, 1.165) is 41.9 Å². The summed E-state index contributed by atoms with van der Waals surface area (Å²) in [6.45, 7) is 6.03. The highest BCUT2D eigenvalue weighted by Gasteiger charge is 2.43. The van der Waals surface area contributed by atoms with Crippen LogP contribution in [0.3, 0.4) is 0 Å². The minimum absolute atomic E-state index is 0.0328. The highest BCUT2D eigenvalue weighted by molar-refractivity contribution is 5.93. The lowest BCUT2D eigenvalue weighted by Gasteiger charge is -2.44. The number of aromatic nitrogens is 4. The topological polar surface area (TPSA) is 73.1 Å². The number of hydrogen-bond acceptors (Lipinski definition) is 5. The third kappa shape index (κ3) is 3.63. The fourth-order valence-corrected chi connectivity index (χ4v) is 4.50. The second-order valence-electron chi connectivity index (χ2n) is 8.62. The molecule has 1 fully saturated rings. The van der Waals surface area contributed by atoms with E-state index >= 15 is 0 Å². The summed E-state index contributed by atoms with van der Waals surface area (Å²) < 4.78 is 8.17. The monoisotopic (exact) mass is 417 g/mol. The van der Waals surface area contributed by atoms with Gasteiger partial charge in [0, 0.05) is 37.1 Å². The van der Waals surface area contributed by atoms with Gasteiger partial charge < -0.3 is 9.64 Å². The number of ether oxygens (including phenoxy) is 1. The Morgan fingerprint density at radius 1 is 1.13 bits per heavy atom. The molecule has 0 aliphatic carbocycles. The van der Waals surface area contributed by atoms with Crippen molar-refractivity contribution in [1.82, 2.24) is 24.6 Å². The fraction of sp³-hybridized carbons (Fsp3) is 0.417. The van der Waals surface area contributed by atoms with Crippen LogP contribution in [0.5, 0.6) is 0 Å². The van der Waals surface area contributed by atoms with Crippen LogP contribution in [0.25, 0.3) is 11.4 Å². The lowest BCUT2D eigenvalue weighted by Crippen LogP contribution is -2.48. The molecule has 3 aromatic rings. The van der Waals surface area contributed by atoms with Crippen molar-refractivity contribution in [2.45, 2.75) is 44.8 Å². The molecule has 0 bridgehead atoms. The van der Waals surface area contributed by atoms with E-state index < -0.39 is 5.60 Å². The van der Waals surface area contributed by atoms with Gasteiger partial charge >= 0.3 is 0 Å². The Hall–Kier alpha value is -3.06. The summed E-state index contributed by atoms with van der Waals surface area (Å²) in [7, 11) is 0. The number of hydrogen-bond donors (Lipinski definition) is 0. The van der Waals surface area contributed by atoms with Gasteiger partial charge in [0.05, 0.1) is 24.1 Å². The molecule has 2 aromatic heterocycles. The average Bonchev–Trinajstić information content (AvgIpc) is 3.31. The van der Waals surface area contributed by atoms with Crippen molar-refractivity contribution in [3.05, 3.63) is 65.7 Å². The largest absolute Gasteiger partial charge is 0.368 e. The molecule has 0 saturated carbocycles. The molecule has 0 unspecified atom stereocenters. The molecule has 160 valence electrons. The Morgan fingerprint density at radius 2 is 1.90 bits per heavy atom. The average molecular weight is 418 g/mol. The molecule has 0 N–H and O–H groups in total. The molecular formula is C24H27N5O2. The van der Waals surface area contributed by atoms with E-state index in [1.54, 1.807) is 6.20 Å². The second kappa shape index (κ2) is 7.89. The normalized spacial score (nSPS) is 17.7. The first-order valence-corrected chi connectivity index (χ1v) is 10.9. The summed E-state index contributed by atoms with van der Waals surface area (Å²) in [6, 6.07) is 10.3. The van der Waals surface area contributed by atoms with E-state index in [0.29, 0.717) is 25.3 Å². The predicted octanol–water partition coefficient (Wildman–Crippen LogP) is 3.63. The van der Waals surface area contributed by atoms with Crippen molar-refractivity contribution in [2.24, 2.45) is 0 Å². The van der Waals surface area contributed by atoms with Crippen LogP contribution >= 0.6 is 0 Å². The minimum Gasteiger partial charge on any atom is -0.368 e. The van der Waals surface area contributed by atoms with Crippen LogP contribution in [0, 0.1) is 0 Å². The maximum Gasteiger partial charge on any atom is 0.257 e. The van der Waals surface area contributed by atoms with Crippen molar-refractivity contribution in [2.75, 3.05) is 19.7 Å². The van der Waals surface area contributed by atoms with Crippen LogP contribution in [0.1, 0.15) is 54.3 Å². The summed E-state index contributed by atoms with van der Waals surface area (Å²) in [4.78, 5) is 24.5. The van der Waals surface area contributed by atoms with Crippen molar-refractivity contribution in [3.63, 3.8) is 0 Å². The van der Waals surface area contributed by atoms with Gasteiger partial charge in [0.25, 0.3) is 5.91 Å². The van der Waals surface area contributed by atoms with Crippen molar-refractivity contribution in [1.29, 1.82) is 0 Å². The fourth-order valence-electron chi connectivity index (χ4n) is 4.50. The number of rotatable bonds is 3. The second-order valence-corrected chi connectivity index (χ2v) is 8.62. The molecule has 31 heavy (non-hydrogen) atoms. The molecular weight excluding hydrogens is 390 g/mol. The highest BCUT2D eigenvalue weighted by Crippen LogP contribution is 2.41. The Bertz CT molecular complexity index is 1080. The summed E-state index contributed by atoms with van der Waals surface area (Å²) in [5.74, 6) is 0.759. The van der Waals surface area contributed by atoms with E-state index in [1.807, 2.05) is 52.3 Å². The van der Waals surface area contributed by atoms with Gasteiger partial charge in [0.1, 0.15) is 5.60 Å². The summed E-state index contributed by atoms with van der Waals surface area (Å²) in [5.41, 5.74) is 3.35. The van der Waals surface area contributed by atoms with Crippen LogP contribution < -0.4 is 0 Å². The zero-order valence-corrected chi connectivity index (χ0v) is 18.0. The molecule has 5 rings (SSSR count). The van der Waals surface area contributed by atoms with Gasteiger partial charge in [0.2, 0.25) is 0 Å². The molecule has 1 aromatic carbocycles. The molecule has 1 saturated heterocycles. The van der Waals surface area contributed by atoms with E-state index in [2.05, 4.69) is 23.9 Å². The van der Waals surface area contributed by atoms with E-state index in [4.69, 9.17) is 9.72 Å². The number of benzene rings is 1. The van der Waals surface area contributed by atoms with Crippen molar-refractivity contribution in [3.8, 4) is 11.4 Å². The van der Waals surface area contributed by atoms with Crippen molar-refractivity contribution < 1.29 is 9.53 Å². The first kappa shape index (κ1) is 19.9. The van der Waals surface area contributed by atoms with Gasteiger partial charge in [-0.15, -0.1) is 0 Å².